The second-order valence-electron chi connectivity index (χ2n) is 7.98. The number of benzene rings is 1. The van der Waals surface area contributed by atoms with E-state index in [0.717, 1.165) is 30.5 Å². The summed E-state index contributed by atoms with van der Waals surface area (Å²) in [4.78, 5) is 15.4. The molecule has 0 unspecified atom stereocenters. The molecule has 0 bridgehead atoms. The summed E-state index contributed by atoms with van der Waals surface area (Å²) in [6, 6.07) is 2.33. The van der Waals surface area contributed by atoms with E-state index >= 15 is 0 Å². The van der Waals surface area contributed by atoms with Gasteiger partial charge in [-0.1, -0.05) is 27.7 Å². The van der Waals surface area contributed by atoms with E-state index in [2.05, 4.69) is 23.6 Å². The first-order valence-electron chi connectivity index (χ1n) is 9.80. The van der Waals surface area contributed by atoms with Gasteiger partial charge >= 0.3 is 6.61 Å². The topological polar surface area (TPSA) is 38.7 Å². The van der Waals surface area contributed by atoms with Crippen molar-refractivity contribution in [1.29, 1.82) is 0 Å². The fourth-order valence-corrected chi connectivity index (χ4v) is 2.88. The molecule has 1 aliphatic carbocycles. The average Bonchev–Trinajstić information content (AvgIpc) is 3.44. The third-order valence-corrected chi connectivity index (χ3v) is 5.02. The lowest BCUT2D eigenvalue weighted by atomic mass is 9.82. The van der Waals surface area contributed by atoms with Gasteiger partial charge in [0.05, 0.1) is 5.69 Å². The second-order valence-corrected chi connectivity index (χ2v) is 7.98. The van der Waals surface area contributed by atoms with E-state index in [1.165, 1.54) is 18.9 Å². The number of rotatable bonds is 8. The zero-order valence-electron chi connectivity index (χ0n) is 17.7. The van der Waals surface area contributed by atoms with Gasteiger partial charge in [-0.2, -0.15) is 8.78 Å². The Kier molecular flexibility index (Phi) is 9.18. The number of carbonyl (C=O) groups excluding carboxylic acids is 1. The average molecular weight is 399 g/mol. The van der Waals surface area contributed by atoms with Crippen LogP contribution in [-0.2, 0) is 4.79 Å². The molecule has 1 saturated carbocycles. The first kappa shape index (κ1) is 24.2. The van der Waals surface area contributed by atoms with Gasteiger partial charge < -0.3 is 4.74 Å². The predicted molar refractivity (Wildman–Crippen MR) is 107 cm³/mol. The smallest absolute Gasteiger partial charge is 0.387 e. The Balaban J connectivity index is 0.000000307. The number of ketones is 1. The Labute approximate surface area is 166 Å². The highest BCUT2D eigenvalue weighted by molar-refractivity contribution is 5.84. The SMILES string of the molecule is CCC(=O)CC(C)(C)C1CC1.CCC(C)=Nc1cc(F)c(OC(F)F)cc1C. The predicted octanol–water partition coefficient (Wildman–Crippen LogP) is 7.03. The highest BCUT2D eigenvalue weighted by atomic mass is 19.3. The first-order valence-corrected chi connectivity index (χ1v) is 9.80. The molecule has 6 heteroatoms. The zero-order valence-corrected chi connectivity index (χ0v) is 17.7. The van der Waals surface area contributed by atoms with Crippen LogP contribution in [0.1, 0.15) is 72.3 Å². The lowest BCUT2D eigenvalue weighted by Crippen LogP contribution is -2.18. The van der Waals surface area contributed by atoms with Crippen LogP contribution >= 0.6 is 0 Å². The van der Waals surface area contributed by atoms with Crippen molar-refractivity contribution in [1.82, 2.24) is 0 Å². The minimum absolute atomic E-state index is 0.285. The fourth-order valence-electron chi connectivity index (χ4n) is 2.88. The standard InChI is InChI=1S/C12H14F3NO.C10H18O/c1-4-8(3)16-10-6-9(13)11(5-7(10)2)17-12(14)15;1-4-9(11)7-10(2,3)8-5-6-8/h5-6,12H,4H2,1-3H3;8H,4-7H2,1-3H3. The second kappa shape index (κ2) is 10.6. The molecule has 0 amide bonds. The summed E-state index contributed by atoms with van der Waals surface area (Å²) >= 11 is 0. The van der Waals surface area contributed by atoms with Crippen molar-refractivity contribution in [2.24, 2.45) is 16.3 Å². The molecule has 0 heterocycles. The minimum Gasteiger partial charge on any atom is -0.432 e. The number of halogens is 3. The molecule has 2 rings (SSSR count). The maximum Gasteiger partial charge on any atom is 0.387 e. The van der Waals surface area contributed by atoms with Gasteiger partial charge in [0.25, 0.3) is 0 Å². The molecule has 158 valence electrons. The van der Waals surface area contributed by atoms with Crippen LogP contribution < -0.4 is 4.74 Å². The number of hydrogen-bond acceptors (Lipinski definition) is 3. The van der Waals surface area contributed by atoms with Crippen molar-refractivity contribution < 1.29 is 22.7 Å². The maximum absolute atomic E-state index is 13.4. The van der Waals surface area contributed by atoms with Crippen LogP contribution in [0.2, 0.25) is 0 Å². The van der Waals surface area contributed by atoms with Crippen LogP contribution in [0, 0.1) is 24.1 Å². The van der Waals surface area contributed by atoms with Crippen molar-refractivity contribution in [2.45, 2.75) is 80.3 Å². The van der Waals surface area contributed by atoms with E-state index < -0.39 is 18.2 Å². The molecule has 1 fully saturated rings. The molecule has 1 aromatic rings. The van der Waals surface area contributed by atoms with E-state index in [4.69, 9.17) is 0 Å². The zero-order chi connectivity index (χ0) is 21.5. The largest absolute Gasteiger partial charge is 0.432 e. The number of Topliss-reactive ketones (excluding diaryl/α,β-unsaturated/α-hetero) is 1. The maximum atomic E-state index is 13.4. The monoisotopic (exact) mass is 399 g/mol. The first-order chi connectivity index (χ1) is 13.0. The molecule has 0 aromatic heterocycles. The summed E-state index contributed by atoms with van der Waals surface area (Å²) in [5.41, 5.74) is 2.15. The summed E-state index contributed by atoms with van der Waals surface area (Å²) in [5.74, 6) is -0.0379. The van der Waals surface area contributed by atoms with Gasteiger partial charge in [-0.15, -0.1) is 0 Å². The van der Waals surface area contributed by atoms with Crippen LogP contribution in [0.25, 0.3) is 0 Å². The highest BCUT2D eigenvalue weighted by Crippen LogP contribution is 2.47. The summed E-state index contributed by atoms with van der Waals surface area (Å²) < 4.78 is 41.4. The Morgan fingerprint density at radius 3 is 2.32 bits per heavy atom. The molecule has 0 saturated heterocycles. The number of aryl methyl sites for hydroxylation is 1. The molecule has 0 aliphatic heterocycles. The molecule has 0 spiro atoms. The van der Waals surface area contributed by atoms with Crippen molar-refractivity contribution in [3.8, 4) is 5.75 Å². The minimum atomic E-state index is -3.03. The number of ether oxygens (including phenoxy) is 1. The molecular weight excluding hydrogens is 367 g/mol. The van der Waals surface area contributed by atoms with Crippen LogP contribution in [0.5, 0.6) is 5.75 Å². The van der Waals surface area contributed by atoms with E-state index in [0.29, 0.717) is 23.5 Å². The molecule has 0 N–H and O–H groups in total. The summed E-state index contributed by atoms with van der Waals surface area (Å²) in [6.45, 7) is 8.77. The van der Waals surface area contributed by atoms with Gasteiger partial charge in [0.2, 0.25) is 0 Å². The number of nitrogens with zero attached hydrogens (tertiary/aromatic N) is 1. The van der Waals surface area contributed by atoms with Crippen molar-refractivity contribution >= 4 is 17.2 Å². The Bertz CT molecular complexity index is 695. The van der Waals surface area contributed by atoms with Crippen LogP contribution in [0.4, 0.5) is 18.9 Å². The lowest BCUT2D eigenvalue weighted by Gasteiger charge is -2.22. The van der Waals surface area contributed by atoms with Gasteiger partial charge in [0.1, 0.15) is 5.78 Å². The molecule has 0 radical (unpaired) electrons. The third kappa shape index (κ3) is 8.03. The van der Waals surface area contributed by atoms with Gasteiger partial charge in [0, 0.05) is 24.6 Å². The summed E-state index contributed by atoms with van der Waals surface area (Å²) in [7, 11) is 0. The number of carbonyl (C=O) groups is 1. The van der Waals surface area contributed by atoms with Gasteiger partial charge in [0.15, 0.2) is 11.6 Å². The van der Waals surface area contributed by atoms with E-state index in [1.54, 1.807) is 6.92 Å². The summed E-state index contributed by atoms with van der Waals surface area (Å²) in [5, 5.41) is 0. The van der Waals surface area contributed by atoms with Gasteiger partial charge in [-0.05, 0) is 56.1 Å². The van der Waals surface area contributed by atoms with Crippen molar-refractivity contribution in [3.05, 3.63) is 23.5 Å². The molecule has 28 heavy (non-hydrogen) atoms. The molecule has 1 aliphatic rings. The normalized spacial score (nSPS) is 14.6. The van der Waals surface area contributed by atoms with Crippen LogP contribution in [-0.4, -0.2) is 18.1 Å². The Morgan fingerprint density at radius 1 is 1.25 bits per heavy atom. The molecule has 3 nitrogen and oxygen atoms in total. The van der Waals surface area contributed by atoms with Crippen molar-refractivity contribution in [3.63, 3.8) is 0 Å². The van der Waals surface area contributed by atoms with Gasteiger partial charge in [-0.25, -0.2) is 4.39 Å². The van der Waals surface area contributed by atoms with E-state index in [1.807, 2.05) is 20.8 Å². The van der Waals surface area contributed by atoms with Crippen LogP contribution in [0.3, 0.4) is 0 Å². The quantitative estimate of drug-likeness (QED) is 0.440. The van der Waals surface area contributed by atoms with Crippen LogP contribution in [0.15, 0.2) is 17.1 Å². The highest BCUT2D eigenvalue weighted by Gasteiger charge is 2.38. The van der Waals surface area contributed by atoms with E-state index in [9.17, 15) is 18.0 Å². The fraction of sp³-hybridized carbons (Fsp3) is 0.636. The number of aliphatic imine (C=N–C) groups is 1. The lowest BCUT2D eigenvalue weighted by molar-refractivity contribution is -0.120. The number of hydrogen-bond donors (Lipinski definition) is 0. The molecule has 1 aromatic carbocycles. The molecule has 0 atom stereocenters. The Hall–Kier alpha value is -1.85. The van der Waals surface area contributed by atoms with Crippen molar-refractivity contribution in [2.75, 3.05) is 0 Å². The van der Waals surface area contributed by atoms with E-state index in [-0.39, 0.29) is 5.41 Å². The molecular formula is C22H32F3NO2. The summed E-state index contributed by atoms with van der Waals surface area (Å²) in [6.07, 6.45) is 4.91. The third-order valence-electron chi connectivity index (χ3n) is 5.02. The van der Waals surface area contributed by atoms with Gasteiger partial charge in [-0.3, -0.25) is 9.79 Å². The number of alkyl halides is 2. The Morgan fingerprint density at radius 2 is 1.86 bits per heavy atom.